The van der Waals surface area contributed by atoms with Gasteiger partial charge in [-0.15, -0.1) is 0 Å². The lowest BCUT2D eigenvalue weighted by Crippen LogP contribution is -2.10. The van der Waals surface area contributed by atoms with E-state index in [0.29, 0.717) is 5.76 Å². The number of furan rings is 1. The van der Waals surface area contributed by atoms with Gasteiger partial charge in [-0.2, -0.15) is 0 Å². The van der Waals surface area contributed by atoms with Crippen LogP contribution in [0.25, 0.3) is 0 Å². The molecule has 0 aliphatic heterocycles. The lowest BCUT2D eigenvalue weighted by molar-refractivity contribution is 0.158. The third-order valence-electron chi connectivity index (χ3n) is 1.15. The Morgan fingerprint density at radius 3 is 2.80 bits per heavy atom. The van der Waals surface area contributed by atoms with Crippen molar-refractivity contribution >= 4 is 11.6 Å². The van der Waals surface area contributed by atoms with E-state index < -0.39 is 6.10 Å². The van der Waals surface area contributed by atoms with Crippen molar-refractivity contribution in [2.24, 2.45) is 5.73 Å². The molecule has 1 rings (SSSR count). The van der Waals surface area contributed by atoms with E-state index >= 15 is 0 Å². The number of aliphatic hydroxyl groups is 1. The third-order valence-corrected chi connectivity index (χ3v) is 1.35. The summed E-state index contributed by atoms with van der Waals surface area (Å²) in [5.74, 6) is 0.410. The fourth-order valence-electron chi connectivity index (χ4n) is 0.624. The molecule has 4 heteroatoms. The summed E-state index contributed by atoms with van der Waals surface area (Å²) >= 11 is 5.44. The monoisotopic (exact) mass is 161 g/mol. The van der Waals surface area contributed by atoms with Crippen LogP contribution in [0.4, 0.5) is 0 Å². The van der Waals surface area contributed by atoms with Crippen LogP contribution in [0, 0.1) is 0 Å². The molecular formula is C6H8ClNO2. The summed E-state index contributed by atoms with van der Waals surface area (Å²) in [7, 11) is 0. The van der Waals surface area contributed by atoms with Crippen molar-refractivity contribution < 1.29 is 9.52 Å². The third kappa shape index (κ3) is 1.50. The van der Waals surface area contributed by atoms with Crippen LogP contribution in [0.3, 0.4) is 0 Å². The molecule has 3 nitrogen and oxygen atoms in total. The summed E-state index contributed by atoms with van der Waals surface area (Å²) in [6.07, 6.45) is -0.743. The molecule has 0 bridgehead atoms. The van der Waals surface area contributed by atoms with E-state index in [4.69, 9.17) is 26.9 Å². The maximum absolute atomic E-state index is 9.07. The number of hydrogen-bond acceptors (Lipinski definition) is 3. The molecule has 1 atom stereocenters. The molecule has 56 valence electrons. The maximum atomic E-state index is 9.07. The molecule has 0 aliphatic carbocycles. The molecule has 3 N–H and O–H groups in total. The van der Waals surface area contributed by atoms with Gasteiger partial charge in [-0.1, -0.05) is 0 Å². The molecule has 0 saturated carbocycles. The second-order valence-corrected chi connectivity index (χ2v) is 2.27. The standard InChI is InChI=1S/C6H8ClNO2/c7-6-2-1-5(10-6)4(9)3-8/h1-2,4,9H,3,8H2. The van der Waals surface area contributed by atoms with Crippen molar-refractivity contribution in [3.05, 3.63) is 23.1 Å². The molecule has 0 spiro atoms. The van der Waals surface area contributed by atoms with Crippen LogP contribution in [0.15, 0.2) is 16.5 Å². The highest BCUT2D eigenvalue weighted by atomic mass is 35.5. The van der Waals surface area contributed by atoms with Gasteiger partial charge < -0.3 is 15.3 Å². The first-order valence-electron chi connectivity index (χ1n) is 2.87. The summed E-state index contributed by atoms with van der Waals surface area (Å²) in [5, 5.41) is 9.33. The van der Waals surface area contributed by atoms with E-state index in [1.165, 1.54) is 0 Å². The highest BCUT2D eigenvalue weighted by Crippen LogP contribution is 2.18. The summed E-state index contributed by atoms with van der Waals surface area (Å²) < 4.78 is 4.87. The van der Waals surface area contributed by atoms with E-state index in [1.807, 2.05) is 0 Å². The zero-order valence-electron chi connectivity index (χ0n) is 5.25. The van der Waals surface area contributed by atoms with Gasteiger partial charge in [0.25, 0.3) is 0 Å². The van der Waals surface area contributed by atoms with E-state index in [-0.39, 0.29) is 11.8 Å². The fraction of sp³-hybridized carbons (Fsp3) is 0.333. The van der Waals surface area contributed by atoms with Crippen molar-refractivity contribution in [2.45, 2.75) is 6.10 Å². The smallest absolute Gasteiger partial charge is 0.193 e. The molecule has 0 saturated heterocycles. The van der Waals surface area contributed by atoms with Gasteiger partial charge in [0.15, 0.2) is 5.22 Å². The quantitative estimate of drug-likeness (QED) is 0.678. The van der Waals surface area contributed by atoms with Crippen LogP contribution in [0.2, 0.25) is 5.22 Å². The minimum atomic E-state index is -0.743. The summed E-state index contributed by atoms with van der Waals surface area (Å²) in [6, 6.07) is 3.16. The molecule has 0 amide bonds. The van der Waals surface area contributed by atoms with Gasteiger partial charge >= 0.3 is 0 Å². The minimum absolute atomic E-state index is 0.143. The first kappa shape index (κ1) is 7.60. The molecular weight excluding hydrogens is 154 g/mol. The zero-order valence-corrected chi connectivity index (χ0v) is 6.01. The predicted octanol–water partition coefficient (Wildman–Crippen LogP) is 0.925. The Labute approximate surface area is 63.4 Å². The van der Waals surface area contributed by atoms with Gasteiger partial charge in [-0.05, 0) is 23.7 Å². The molecule has 10 heavy (non-hydrogen) atoms. The van der Waals surface area contributed by atoms with Crippen LogP contribution < -0.4 is 5.73 Å². The van der Waals surface area contributed by atoms with E-state index in [0.717, 1.165) is 0 Å². The van der Waals surface area contributed by atoms with E-state index in [1.54, 1.807) is 12.1 Å². The highest BCUT2D eigenvalue weighted by molar-refractivity contribution is 6.28. The predicted molar refractivity (Wildman–Crippen MR) is 37.7 cm³/mol. The van der Waals surface area contributed by atoms with Crippen molar-refractivity contribution in [3.8, 4) is 0 Å². The first-order chi connectivity index (χ1) is 4.74. The second kappa shape index (κ2) is 3.05. The summed E-state index contributed by atoms with van der Waals surface area (Å²) in [6.45, 7) is 0.143. The van der Waals surface area contributed by atoms with Crippen LogP contribution in [0.1, 0.15) is 11.9 Å². The van der Waals surface area contributed by atoms with Crippen LogP contribution >= 0.6 is 11.6 Å². The van der Waals surface area contributed by atoms with Gasteiger partial charge in [0.1, 0.15) is 11.9 Å². The number of aliphatic hydroxyl groups excluding tert-OH is 1. The van der Waals surface area contributed by atoms with Crippen LogP contribution in [-0.4, -0.2) is 11.7 Å². The molecule has 1 aromatic heterocycles. The lowest BCUT2D eigenvalue weighted by Gasteiger charge is -2.00. The SMILES string of the molecule is NCC(O)c1ccc(Cl)o1. The highest BCUT2D eigenvalue weighted by Gasteiger charge is 2.08. The fourth-order valence-corrected chi connectivity index (χ4v) is 0.776. The number of halogens is 1. The summed E-state index contributed by atoms with van der Waals surface area (Å²) in [4.78, 5) is 0. The molecule has 0 aliphatic rings. The molecule has 1 unspecified atom stereocenters. The topological polar surface area (TPSA) is 59.4 Å². The number of hydrogen-bond donors (Lipinski definition) is 2. The molecule has 0 fully saturated rings. The first-order valence-corrected chi connectivity index (χ1v) is 3.25. The summed E-state index contributed by atoms with van der Waals surface area (Å²) in [5.41, 5.74) is 5.16. The van der Waals surface area contributed by atoms with E-state index in [2.05, 4.69) is 0 Å². The van der Waals surface area contributed by atoms with Gasteiger partial charge in [-0.3, -0.25) is 0 Å². The zero-order chi connectivity index (χ0) is 7.56. The van der Waals surface area contributed by atoms with Gasteiger partial charge in [0.05, 0.1) is 0 Å². The van der Waals surface area contributed by atoms with Crippen molar-refractivity contribution in [1.29, 1.82) is 0 Å². The second-order valence-electron chi connectivity index (χ2n) is 1.89. The molecule has 0 radical (unpaired) electrons. The normalized spacial score (nSPS) is 13.5. The Hall–Kier alpha value is -0.510. The van der Waals surface area contributed by atoms with Crippen molar-refractivity contribution in [1.82, 2.24) is 0 Å². The van der Waals surface area contributed by atoms with Gasteiger partial charge in [-0.25, -0.2) is 0 Å². The Morgan fingerprint density at radius 2 is 2.40 bits per heavy atom. The molecule has 0 aromatic carbocycles. The van der Waals surface area contributed by atoms with Crippen molar-refractivity contribution in [2.75, 3.05) is 6.54 Å². The largest absolute Gasteiger partial charge is 0.447 e. The van der Waals surface area contributed by atoms with Crippen molar-refractivity contribution in [3.63, 3.8) is 0 Å². The number of nitrogens with two attached hydrogens (primary N) is 1. The van der Waals surface area contributed by atoms with Gasteiger partial charge in [0.2, 0.25) is 0 Å². The van der Waals surface area contributed by atoms with Crippen LogP contribution in [-0.2, 0) is 0 Å². The average Bonchev–Trinajstić information content (AvgIpc) is 2.34. The average molecular weight is 162 g/mol. The lowest BCUT2D eigenvalue weighted by atomic mass is 10.3. The Bertz CT molecular complexity index is 211. The van der Waals surface area contributed by atoms with E-state index in [9.17, 15) is 0 Å². The minimum Gasteiger partial charge on any atom is -0.447 e. The Balaban J connectivity index is 2.74. The Morgan fingerprint density at radius 1 is 1.70 bits per heavy atom. The van der Waals surface area contributed by atoms with Crippen LogP contribution in [0.5, 0.6) is 0 Å². The molecule has 1 heterocycles. The maximum Gasteiger partial charge on any atom is 0.193 e. The molecule has 1 aromatic rings. The number of rotatable bonds is 2. The van der Waals surface area contributed by atoms with Gasteiger partial charge in [0, 0.05) is 6.54 Å². The Kier molecular flexibility index (Phi) is 2.32.